The first-order valence-corrected chi connectivity index (χ1v) is 10.3. The fraction of sp³-hybridized carbons (Fsp3) is 0.435. The van der Waals surface area contributed by atoms with Crippen LogP contribution in [0.5, 0.6) is 0 Å². The fourth-order valence-electron chi connectivity index (χ4n) is 3.67. The largest absolute Gasteiger partial charge is 0.356 e. The van der Waals surface area contributed by atoms with Crippen molar-refractivity contribution >= 4 is 11.8 Å². The number of hydrogen-bond acceptors (Lipinski definition) is 4. The highest BCUT2D eigenvalue weighted by Crippen LogP contribution is 2.18. The van der Waals surface area contributed by atoms with Crippen LogP contribution >= 0.6 is 0 Å². The number of hydrogen-bond donors (Lipinski definition) is 2. The zero-order valence-corrected chi connectivity index (χ0v) is 17.2. The molecule has 0 spiro atoms. The van der Waals surface area contributed by atoms with E-state index >= 15 is 0 Å². The van der Waals surface area contributed by atoms with Crippen LogP contribution in [0.4, 0.5) is 10.6 Å². The number of urea groups is 1. The Morgan fingerprint density at radius 3 is 2.55 bits per heavy atom. The SMILES string of the molecule is CC(C)Cc1ccccc1CNC(=O)NC1CCN(c2ccc(C#N)cn2)CC1. The summed E-state index contributed by atoms with van der Waals surface area (Å²) in [6.45, 7) is 6.62. The Bertz CT molecular complexity index is 848. The monoisotopic (exact) mass is 391 g/mol. The van der Waals surface area contributed by atoms with Crippen molar-refractivity contribution in [2.45, 2.75) is 45.7 Å². The molecule has 1 aromatic heterocycles. The van der Waals surface area contributed by atoms with E-state index < -0.39 is 0 Å². The first-order valence-electron chi connectivity index (χ1n) is 10.3. The van der Waals surface area contributed by atoms with Gasteiger partial charge in [0, 0.05) is 31.9 Å². The number of piperidine rings is 1. The number of rotatable bonds is 6. The highest BCUT2D eigenvalue weighted by molar-refractivity contribution is 5.74. The number of amides is 2. The molecule has 0 unspecified atom stereocenters. The molecule has 2 amide bonds. The van der Waals surface area contributed by atoms with E-state index in [9.17, 15) is 4.79 Å². The molecule has 0 radical (unpaired) electrons. The third-order valence-electron chi connectivity index (χ3n) is 5.22. The maximum atomic E-state index is 12.4. The quantitative estimate of drug-likeness (QED) is 0.788. The van der Waals surface area contributed by atoms with Gasteiger partial charge in [0.15, 0.2) is 0 Å². The Hall–Kier alpha value is -3.07. The first kappa shape index (κ1) is 20.7. The predicted molar refractivity (Wildman–Crippen MR) is 115 cm³/mol. The molecule has 0 saturated carbocycles. The lowest BCUT2D eigenvalue weighted by Gasteiger charge is -2.33. The summed E-state index contributed by atoms with van der Waals surface area (Å²) < 4.78 is 0. The number of carbonyl (C=O) groups is 1. The van der Waals surface area contributed by atoms with Crippen molar-refractivity contribution in [3.05, 3.63) is 59.3 Å². The maximum absolute atomic E-state index is 12.4. The average Bonchev–Trinajstić information content (AvgIpc) is 2.73. The van der Waals surface area contributed by atoms with Crippen LogP contribution in [0.2, 0.25) is 0 Å². The molecule has 152 valence electrons. The highest BCUT2D eigenvalue weighted by atomic mass is 16.2. The average molecular weight is 392 g/mol. The van der Waals surface area contributed by atoms with E-state index in [-0.39, 0.29) is 12.1 Å². The maximum Gasteiger partial charge on any atom is 0.315 e. The second-order valence-electron chi connectivity index (χ2n) is 7.97. The first-order chi connectivity index (χ1) is 14.0. The summed E-state index contributed by atoms with van der Waals surface area (Å²) in [5.41, 5.74) is 3.04. The van der Waals surface area contributed by atoms with Gasteiger partial charge in [-0.25, -0.2) is 9.78 Å². The van der Waals surface area contributed by atoms with Crippen LogP contribution in [0, 0.1) is 17.2 Å². The Balaban J connectivity index is 1.45. The van der Waals surface area contributed by atoms with Crippen molar-refractivity contribution < 1.29 is 4.79 Å². The molecule has 6 heteroatoms. The summed E-state index contributed by atoms with van der Waals surface area (Å²) >= 11 is 0. The Labute approximate surface area is 172 Å². The van der Waals surface area contributed by atoms with Crippen molar-refractivity contribution in [2.24, 2.45) is 5.92 Å². The zero-order chi connectivity index (χ0) is 20.6. The summed E-state index contributed by atoms with van der Waals surface area (Å²) in [6, 6.07) is 14.1. The molecule has 1 fully saturated rings. The lowest BCUT2D eigenvalue weighted by molar-refractivity contribution is 0.234. The minimum atomic E-state index is -0.112. The molecule has 29 heavy (non-hydrogen) atoms. The number of benzene rings is 1. The summed E-state index contributed by atoms with van der Waals surface area (Å²) in [7, 11) is 0. The lowest BCUT2D eigenvalue weighted by Crippen LogP contribution is -2.48. The lowest BCUT2D eigenvalue weighted by atomic mass is 9.98. The van der Waals surface area contributed by atoms with Crippen LogP contribution in [0.25, 0.3) is 0 Å². The van der Waals surface area contributed by atoms with E-state index in [0.29, 0.717) is 18.0 Å². The van der Waals surface area contributed by atoms with E-state index in [0.717, 1.165) is 38.2 Å². The molecule has 1 aromatic carbocycles. The molecule has 1 aliphatic heterocycles. The van der Waals surface area contributed by atoms with Crippen LogP contribution < -0.4 is 15.5 Å². The second kappa shape index (κ2) is 9.92. The topological polar surface area (TPSA) is 81.0 Å². The van der Waals surface area contributed by atoms with Crippen LogP contribution in [0.15, 0.2) is 42.6 Å². The van der Waals surface area contributed by atoms with Gasteiger partial charge >= 0.3 is 6.03 Å². The van der Waals surface area contributed by atoms with Crippen molar-refractivity contribution in [1.82, 2.24) is 15.6 Å². The van der Waals surface area contributed by atoms with Crippen molar-refractivity contribution in [2.75, 3.05) is 18.0 Å². The van der Waals surface area contributed by atoms with E-state index in [1.165, 1.54) is 11.1 Å². The van der Waals surface area contributed by atoms with Gasteiger partial charge in [-0.2, -0.15) is 5.26 Å². The predicted octanol–water partition coefficient (Wildman–Crippen LogP) is 3.62. The number of carbonyl (C=O) groups excluding carboxylic acids is 1. The van der Waals surface area contributed by atoms with E-state index in [1.807, 2.05) is 12.1 Å². The van der Waals surface area contributed by atoms with Gasteiger partial charge < -0.3 is 15.5 Å². The number of nitriles is 1. The zero-order valence-electron chi connectivity index (χ0n) is 17.2. The van der Waals surface area contributed by atoms with Gasteiger partial charge in [-0.05, 0) is 48.4 Å². The van der Waals surface area contributed by atoms with Crippen molar-refractivity contribution in [3.63, 3.8) is 0 Å². The van der Waals surface area contributed by atoms with Gasteiger partial charge in [0.05, 0.1) is 5.56 Å². The summed E-state index contributed by atoms with van der Waals surface area (Å²) in [6.07, 6.45) is 4.36. The van der Waals surface area contributed by atoms with Crippen LogP contribution in [-0.2, 0) is 13.0 Å². The van der Waals surface area contributed by atoms with Gasteiger partial charge in [-0.3, -0.25) is 0 Å². The molecule has 2 heterocycles. The Morgan fingerprint density at radius 2 is 1.93 bits per heavy atom. The normalized spacial score (nSPS) is 14.5. The summed E-state index contributed by atoms with van der Waals surface area (Å²) in [5, 5.41) is 15.0. The minimum absolute atomic E-state index is 0.112. The second-order valence-corrected chi connectivity index (χ2v) is 7.97. The van der Waals surface area contributed by atoms with Gasteiger partial charge in [0.2, 0.25) is 0 Å². The Kier molecular flexibility index (Phi) is 7.07. The van der Waals surface area contributed by atoms with Crippen molar-refractivity contribution in [1.29, 1.82) is 5.26 Å². The number of anilines is 1. The van der Waals surface area contributed by atoms with Gasteiger partial charge in [-0.15, -0.1) is 0 Å². The molecular formula is C23H29N5O. The standard InChI is InChI=1S/C23H29N5O/c1-17(2)13-19-5-3-4-6-20(19)16-26-23(29)27-21-9-11-28(12-10-21)22-8-7-18(14-24)15-25-22/h3-8,15,17,21H,9-13,16H2,1-2H3,(H2,26,27,29). The minimum Gasteiger partial charge on any atom is -0.356 e. The third-order valence-corrected chi connectivity index (χ3v) is 5.22. The fourth-order valence-corrected chi connectivity index (χ4v) is 3.67. The van der Waals surface area contributed by atoms with Gasteiger partial charge in [0.1, 0.15) is 11.9 Å². The van der Waals surface area contributed by atoms with E-state index in [1.54, 1.807) is 12.3 Å². The number of nitrogens with one attached hydrogen (secondary N) is 2. The molecule has 2 N–H and O–H groups in total. The number of nitrogens with zero attached hydrogens (tertiary/aromatic N) is 3. The number of aromatic nitrogens is 1. The summed E-state index contributed by atoms with van der Waals surface area (Å²) in [4.78, 5) is 18.9. The van der Waals surface area contributed by atoms with Gasteiger partial charge in [0.25, 0.3) is 0 Å². The van der Waals surface area contributed by atoms with Crippen molar-refractivity contribution in [3.8, 4) is 6.07 Å². The summed E-state index contributed by atoms with van der Waals surface area (Å²) in [5.74, 6) is 1.47. The molecule has 6 nitrogen and oxygen atoms in total. The smallest absolute Gasteiger partial charge is 0.315 e. The molecule has 0 aliphatic carbocycles. The highest BCUT2D eigenvalue weighted by Gasteiger charge is 2.21. The van der Waals surface area contributed by atoms with Gasteiger partial charge in [-0.1, -0.05) is 38.1 Å². The molecule has 1 saturated heterocycles. The molecule has 0 bridgehead atoms. The van der Waals surface area contributed by atoms with Crippen LogP contribution in [-0.4, -0.2) is 30.1 Å². The third kappa shape index (κ3) is 5.95. The molecule has 0 atom stereocenters. The van der Waals surface area contributed by atoms with Crippen LogP contribution in [0.1, 0.15) is 43.4 Å². The number of pyridine rings is 1. The van der Waals surface area contributed by atoms with Crippen LogP contribution in [0.3, 0.4) is 0 Å². The molecule has 1 aliphatic rings. The Morgan fingerprint density at radius 1 is 1.21 bits per heavy atom. The molecule has 2 aromatic rings. The molecule has 3 rings (SSSR count). The van der Waals surface area contributed by atoms with E-state index in [4.69, 9.17) is 5.26 Å². The van der Waals surface area contributed by atoms with E-state index in [2.05, 4.69) is 58.6 Å². The molecular weight excluding hydrogens is 362 g/mol.